The van der Waals surface area contributed by atoms with Crippen molar-refractivity contribution in [2.45, 2.75) is 26.6 Å². The molecular formula is C16H19NO3. The number of aliphatic hydroxyl groups excluding tert-OH is 1. The van der Waals surface area contributed by atoms with Crippen LogP contribution in [0.4, 0.5) is 0 Å². The molecule has 0 radical (unpaired) electrons. The van der Waals surface area contributed by atoms with E-state index in [9.17, 15) is 5.11 Å². The maximum Gasteiger partial charge on any atom is 0.219 e. The first-order valence-corrected chi connectivity index (χ1v) is 6.51. The van der Waals surface area contributed by atoms with Crippen LogP contribution in [0.2, 0.25) is 0 Å². The number of aromatic nitrogens is 1. The average Bonchev–Trinajstić information content (AvgIpc) is 2.46. The number of aryl methyl sites for hydroxylation is 1. The smallest absolute Gasteiger partial charge is 0.219 e. The maximum atomic E-state index is 9.55. The van der Waals surface area contributed by atoms with E-state index in [0.717, 1.165) is 22.4 Å². The highest BCUT2D eigenvalue weighted by Crippen LogP contribution is 2.24. The number of benzene rings is 1. The minimum atomic E-state index is -0.471. The van der Waals surface area contributed by atoms with Gasteiger partial charge in [0.15, 0.2) is 0 Å². The van der Waals surface area contributed by atoms with Crippen molar-refractivity contribution in [3.05, 3.63) is 53.2 Å². The second-order valence-electron chi connectivity index (χ2n) is 4.66. The summed E-state index contributed by atoms with van der Waals surface area (Å²) in [6.45, 7) is 4.10. The minimum Gasteiger partial charge on any atom is -0.488 e. The molecule has 1 atom stereocenters. The van der Waals surface area contributed by atoms with Gasteiger partial charge in [0, 0.05) is 6.20 Å². The number of ether oxygens (including phenoxy) is 2. The predicted molar refractivity (Wildman–Crippen MR) is 76.9 cm³/mol. The molecule has 0 saturated heterocycles. The summed E-state index contributed by atoms with van der Waals surface area (Å²) >= 11 is 0. The van der Waals surface area contributed by atoms with Crippen LogP contribution >= 0.6 is 0 Å². The Bertz CT molecular complexity index is 582. The topological polar surface area (TPSA) is 51.6 Å². The van der Waals surface area contributed by atoms with Gasteiger partial charge in [0.05, 0.1) is 18.8 Å². The molecule has 4 heteroatoms. The number of pyridine rings is 1. The van der Waals surface area contributed by atoms with Gasteiger partial charge in [-0.25, -0.2) is 4.98 Å². The molecule has 106 valence electrons. The van der Waals surface area contributed by atoms with E-state index in [4.69, 9.17) is 9.47 Å². The zero-order valence-electron chi connectivity index (χ0n) is 12.0. The largest absolute Gasteiger partial charge is 0.488 e. The van der Waals surface area contributed by atoms with Crippen LogP contribution in [0.1, 0.15) is 29.7 Å². The molecule has 0 aliphatic rings. The third kappa shape index (κ3) is 3.27. The van der Waals surface area contributed by atoms with Gasteiger partial charge in [0.2, 0.25) is 5.88 Å². The van der Waals surface area contributed by atoms with Crippen molar-refractivity contribution in [3.8, 4) is 11.6 Å². The third-order valence-electron chi connectivity index (χ3n) is 3.11. The summed E-state index contributed by atoms with van der Waals surface area (Å²) in [5.41, 5.74) is 2.77. The quantitative estimate of drug-likeness (QED) is 0.909. The molecule has 1 N–H and O–H groups in total. The molecule has 0 amide bonds. The van der Waals surface area contributed by atoms with Gasteiger partial charge in [-0.15, -0.1) is 0 Å². The van der Waals surface area contributed by atoms with Gasteiger partial charge in [-0.1, -0.05) is 6.07 Å². The van der Waals surface area contributed by atoms with Gasteiger partial charge in [-0.3, -0.25) is 0 Å². The zero-order chi connectivity index (χ0) is 14.5. The first-order chi connectivity index (χ1) is 9.61. The molecule has 0 aliphatic carbocycles. The molecule has 0 unspecified atom stereocenters. The van der Waals surface area contributed by atoms with Crippen molar-refractivity contribution < 1.29 is 14.6 Å². The van der Waals surface area contributed by atoms with E-state index in [2.05, 4.69) is 4.98 Å². The standard InChI is InChI=1S/C16H19NO3/c1-11-9-13(12(2)18)6-7-15(11)20-10-14-5-4-8-17-16(14)19-3/h4-9,12,18H,10H2,1-3H3/t12-/m1/s1. The van der Waals surface area contributed by atoms with Crippen molar-refractivity contribution in [1.82, 2.24) is 4.98 Å². The van der Waals surface area contributed by atoms with Crippen LogP contribution in [-0.2, 0) is 6.61 Å². The fourth-order valence-corrected chi connectivity index (χ4v) is 1.97. The van der Waals surface area contributed by atoms with Crippen molar-refractivity contribution >= 4 is 0 Å². The number of methoxy groups -OCH3 is 1. The summed E-state index contributed by atoms with van der Waals surface area (Å²) in [6.07, 6.45) is 1.21. The first-order valence-electron chi connectivity index (χ1n) is 6.51. The van der Waals surface area contributed by atoms with Crippen molar-refractivity contribution in [3.63, 3.8) is 0 Å². The molecule has 20 heavy (non-hydrogen) atoms. The Kier molecular flexibility index (Phi) is 4.58. The summed E-state index contributed by atoms with van der Waals surface area (Å²) in [5.74, 6) is 1.37. The van der Waals surface area contributed by atoms with E-state index >= 15 is 0 Å². The summed E-state index contributed by atoms with van der Waals surface area (Å²) in [4.78, 5) is 4.13. The highest BCUT2D eigenvalue weighted by molar-refractivity contribution is 5.37. The summed E-state index contributed by atoms with van der Waals surface area (Å²) < 4.78 is 11.0. The monoisotopic (exact) mass is 273 g/mol. The number of aliphatic hydroxyl groups is 1. The molecule has 1 aromatic carbocycles. The number of hydrogen-bond donors (Lipinski definition) is 1. The van der Waals surface area contributed by atoms with Crippen LogP contribution < -0.4 is 9.47 Å². The van der Waals surface area contributed by atoms with Crippen LogP contribution in [0.25, 0.3) is 0 Å². The summed E-state index contributed by atoms with van der Waals surface area (Å²) in [5, 5.41) is 9.55. The molecule has 2 aromatic rings. The lowest BCUT2D eigenvalue weighted by Crippen LogP contribution is -2.01. The number of nitrogens with zero attached hydrogens (tertiary/aromatic N) is 1. The van der Waals surface area contributed by atoms with Crippen molar-refractivity contribution in [1.29, 1.82) is 0 Å². The van der Waals surface area contributed by atoms with E-state index in [0.29, 0.717) is 12.5 Å². The molecule has 1 heterocycles. The average molecular weight is 273 g/mol. The van der Waals surface area contributed by atoms with Crippen LogP contribution in [0.5, 0.6) is 11.6 Å². The lowest BCUT2D eigenvalue weighted by Gasteiger charge is -2.13. The molecule has 0 spiro atoms. The Morgan fingerprint density at radius 2 is 2.10 bits per heavy atom. The Labute approximate surface area is 119 Å². The second-order valence-corrected chi connectivity index (χ2v) is 4.66. The Hall–Kier alpha value is -2.07. The highest BCUT2D eigenvalue weighted by atomic mass is 16.5. The van der Waals surface area contributed by atoms with E-state index < -0.39 is 6.10 Å². The van der Waals surface area contributed by atoms with E-state index in [1.165, 1.54) is 0 Å². The normalized spacial score (nSPS) is 12.0. The van der Waals surface area contributed by atoms with E-state index in [-0.39, 0.29) is 0 Å². The van der Waals surface area contributed by atoms with Crippen LogP contribution in [0.3, 0.4) is 0 Å². The van der Waals surface area contributed by atoms with Crippen LogP contribution in [-0.4, -0.2) is 17.2 Å². The number of rotatable bonds is 5. The van der Waals surface area contributed by atoms with Crippen molar-refractivity contribution in [2.24, 2.45) is 0 Å². The van der Waals surface area contributed by atoms with Gasteiger partial charge in [-0.05, 0) is 49.2 Å². The Balaban J connectivity index is 2.11. The Morgan fingerprint density at radius 1 is 1.30 bits per heavy atom. The molecule has 0 fully saturated rings. The van der Waals surface area contributed by atoms with Gasteiger partial charge in [0.1, 0.15) is 12.4 Å². The lowest BCUT2D eigenvalue weighted by atomic mass is 10.1. The Morgan fingerprint density at radius 3 is 2.75 bits per heavy atom. The van der Waals surface area contributed by atoms with E-state index in [1.54, 1.807) is 20.2 Å². The fraction of sp³-hybridized carbons (Fsp3) is 0.312. The predicted octanol–water partition coefficient (Wildman–Crippen LogP) is 3.03. The third-order valence-corrected chi connectivity index (χ3v) is 3.11. The lowest BCUT2D eigenvalue weighted by molar-refractivity contribution is 0.199. The first kappa shape index (κ1) is 14.3. The fourth-order valence-electron chi connectivity index (χ4n) is 1.97. The van der Waals surface area contributed by atoms with E-state index in [1.807, 2.05) is 37.3 Å². The number of hydrogen-bond acceptors (Lipinski definition) is 4. The maximum absolute atomic E-state index is 9.55. The molecular weight excluding hydrogens is 254 g/mol. The SMILES string of the molecule is COc1ncccc1COc1ccc([C@@H](C)O)cc1C. The van der Waals surface area contributed by atoms with Gasteiger partial charge < -0.3 is 14.6 Å². The van der Waals surface area contributed by atoms with Crippen LogP contribution in [0, 0.1) is 6.92 Å². The van der Waals surface area contributed by atoms with Gasteiger partial charge >= 0.3 is 0 Å². The molecule has 2 rings (SSSR count). The highest BCUT2D eigenvalue weighted by Gasteiger charge is 2.07. The van der Waals surface area contributed by atoms with Gasteiger partial charge in [-0.2, -0.15) is 0 Å². The summed E-state index contributed by atoms with van der Waals surface area (Å²) in [7, 11) is 1.59. The summed E-state index contributed by atoms with van der Waals surface area (Å²) in [6, 6.07) is 9.45. The minimum absolute atomic E-state index is 0.395. The van der Waals surface area contributed by atoms with Crippen molar-refractivity contribution in [2.75, 3.05) is 7.11 Å². The van der Waals surface area contributed by atoms with Crippen LogP contribution in [0.15, 0.2) is 36.5 Å². The second kappa shape index (κ2) is 6.39. The molecule has 4 nitrogen and oxygen atoms in total. The zero-order valence-corrected chi connectivity index (χ0v) is 12.0. The molecule has 0 saturated carbocycles. The molecule has 1 aromatic heterocycles. The van der Waals surface area contributed by atoms with Gasteiger partial charge in [0.25, 0.3) is 0 Å². The molecule has 0 aliphatic heterocycles. The molecule has 0 bridgehead atoms.